The fourth-order valence-corrected chi connectivity index (χ4v) is 2.95. The van der Waals surface area contributed by atoms with Gasteiger partial charge in [-0.25, -0.2) is 0 Å². The average Bonchev–Trinajstić information content (AvgIpc) is 2.80. The van der Waals surface area contributed by atoms with Crippen molar-refractivity contribution in [2.75, 3.05) is 26.2 Å². The van der Waals surface area contributed by atoms with Crippen molar-refractivity contribution in [1.29, 1.82) is 0 Å². The van der Waals surface area contributed by atoms with Crippen molar-refractivity contribution in [2.24, 2.45) is 5.92 Å². The summed E-state index contributed by atoms with van der Waals surface area (Å²) in [6, 6.07) is 0. The number of nitrogens with zero attached hydrogens (tertiary/aromatic N) is 2. The smallest absolute Gasteiger partial charge is 0.341 e. The van der Waals surface area contributed by atoms with Gasteiger partial charge in [0.25, 0.3) is 0 Å². The van der Waals surface area contributed by atoms with Crippen LogP contribution in [0.5, 0.6) is 0 Å². The Morgan fingerprint density at radius 2 is 1.40 bits per heavy atom. The quantitative estimate of drug-likeness (QED) is 0.739. The highest BCUT2D eigenvalue weighted by atomic mass is 19.4. The summed E-state index contributed by atoms with van der Waals surface area (Å²) in [4.78, 5) is 25.9. The third kappa shape index (κ3) is 3.43. The van der Waals surface area contributed by atoms with Gasteiger partial charge in [0.15, 0.2) is 0 Å². The highest BCUT2D eigenvalue weighted by Gasteiger charge is 2.43. The van der Waals surface area contributed by atoms with Crippen molar-refractivity contribution in [3.05, 3.63) is 0 Å². The summed E-state index contributed by atoms with van der Waals surface area (Å²) in [6.07, 6.45) is -0.585. The molecule has 1 heterocycles. The maximum absolute atomic E-state index is 12.4. The van der Waals surface area contributed by atoms with Crippen LogP contribution in [0, 0.1) is 5.92 Å². The molecule has 2 rings (SSSR count). The van der Waals surface area contributed by atoms with Crippen LogP contribution in [0.25, 0.3) is 0 Å². The Morgan fingerprint density at radius 3 is 2.00 bits per heavy atom. The molecule has 0 spiro atoms. The Morgan fingerprint density at radius 1 is 0.850 bits per heavy atom. The number of halogens is 3. The molecule has 1 saturated carbocycles. The Kier molecular flexibility index (Phi) is 4.55. The van der Waals surface area contributed by atoms with Crippen molar-refractivity contribution in [3.63, 3.8) is 0 Å². The monoisotopic (exact) mass is 292 g/mol. The Labute approximate surface area is 115 Å². The number of alkyl halides is 3. The molecule has 0 aromatic rings. The maximum Gasteiger partial charge on any atom is 0.471 e. The fraction of sp³-hybridized carbons (Fsp3) is 0.846. The van der Waals surface area contributed by atoms with Gasteiger partial charge in [0.05, 0.1) is 0 Å². The van der Waals surface area contributed by atoms with E-state index in [0.717, 1.165) is 30.6 Å². The molecule has 7 heteroatoms. The molecule has 0 radical (unpaired) electrons. The molecule has 0 aromatic heterocycles. The van der Waals surface area contributed by atoms with Crippen molar-refractivity contribution in [3.8, 4) is 0 Å². The standard InChI is InChI=1S/C13H19F3N2O2/c14-13(15,16)12(20)18-7-3-6-17(8-9-18)11(19)10-4-1-2-5-10/h10H,1-9H2. The van der Waals surface area contributed by atoms with Crippen LogP contribution < -0.4 is 0 Å². The lowest BCUT2D eigenvalue weighted by Gasteiger charge is -2.24. The van der Waals surface area contributed by atoms with Crippen LogP contribution in [0.1, 0.15) is 32.1 Å². The highest BCUT2D eigenvalue weighted by molar-refractivity contribution is 5.82. The molecular formula is C13H19F3N2O2. The van der Waals surface area contributed by atoms with Gasteiger partial charge in [0, 0.05) is 32.1 Å². The molecule has 2 amide bonds. The molecule has 20 heavy (non-hydrogen) atoms. The van der Waals surface area contributed by atoms with Gasteiger partial charge in [-0.3, -0.25) is 9.59 Å². The first-order valence-electron chi connectivity index (χ1n) is 7.04. The molecule has 0 aromatic carbocycles. The van der Waals surface area contributed by atoms with Gasteiger partial charge < -0.3 is 9.80 Å². The van der Waals surface area contributed by atoms with Crippen LogP contribution in [-0.2, 0) is 9.59 Å². The van der Waals surface area contributed by atoms with E-state index >= 15 is 0 Å². The molecule has 114 valence electrons. The zero-order valence-corrected chi connectivity index (χ0v) is 11.3. The van der Waals surface area contributed by atoms with Crippen LogP contribution in [0.3, 0.4) is 0 Å². The minimum absolute atomic E-state index is 0.0277. The summed E-state index contributed by atoms with van der Waals surface area (Å²) in [5.74, 6) is -1.73. The van der Waals surface area contributed by atoms with E-state index in [-0.39, 0.29) is 31.5 Å². The summed E-state index contributed by atoms with van der Waals surface area (Å²) < 4.78 is 37.2. The van der Waals surface area contributed by atoms with Crippen LogP contribution in [0.2, 0.25) is 0 Å². The topological polar surface area (TPSA) is 40.6 Å². The van der Waals surface area contributed by atoms with E-state index in [4.69, 9.17) is 0 Å². The second-order valence-electron chi connectivity index (χ2n) is 5.45. The SMILES string of the molecule is O=C(C1CCCC1)N1CCCN(C(=O)C(F)(F)F)CC1. The Hall–Kier alpha value is -1.27. The summed E-state index contributed by atoms with van der Waals surface area (Å²) in [5.41, 5.74) is 0. The first kappa shape index (κ1) is 15.1. The van der Waals surface area contributed by atoms with Gasteiger partial charge in [-0.15, -0.1) is 0 Å². The number of rotatable bonds is 1. The van der Waals surface area contributed by atoms with E-state index < -0.39 is 12.1 Å². The number of carbonyl (C=O) groups excluding carboxylic acids is 2. The lowest BCUT2D eigenvalue weighted by atomic mass is 10.1. The first-order valence-corrected chi connectivity index (χ1v) is 7.04. The molecule has 1 saturated heterocycles. The van der Waals surface area contributed by atoms with Crippen LogP contribution in [-0.4, -0.2) is 54.0 Å². The first-order chi connectivity index (χ1) is 9.39. The minimum Gasteiger partial charge on any atom is -0.341 e. The molecule has 0 N–H and O–H groups in total. The second kappa shape index (κ2) is 6.01. The molecule has 1 aliphatic heterocycles. The van der Waals surface area contributed by atoms with Crippen LogP contribution >= 0.6 is 0 Å². The fourth-order valence-electron chi connectivity index (χ4n) is 2.95. The number of hydrogen-bond acceptors (Lipinski definition) is 2. The zero-order chi connectivity index (χ0) is 14.8. The van der Waals surface area contributed by atoms with E-state index in [1.807, 2.05) is 0 Å². The summed E-state index contributed by atoms with van der Waals surface area (Å²) in [6.45, 7) is 0.678. The van der Waals surface area contributed by atoms with Gasteiger partial charge in [-0.2, -0.15) is 13.2 Å². The van der Waals surface area contributed by atoms with Crippen LogP contribution in [0.15, 0.2) is 0 Å². The normalized spacial score (nSPS) is 21.9. The van der Waals surface area contributed by atoms with Crippen molar-refractivity contribution in [2.45, 2.75) is 38.3 Å². The van der Waals surface area contributed by atoms with Crippen molar-refractivity contribution in [1.82, 2.24) is 9.80 Å². The molecule has 4 nitrogen and oxygen atoms in total. The summed E-state index contributed by atoms with van der Waals surface area (Å²) in [5, 5.41) is 0. The molecule has 1 aliphatic carbocycles. The minimum atomic E-state index is -4.83. The number of hydrogen-bond donors (Lipinski definition) is 0. The third-order valence-electron chi connectivity index (χ3n) is 4.04. The zero-order valence-electron chi connectivity index (χ0n) is 11.3. The van der Waals surface area contributed by atoms with Crippen molar-refractivity contribution >= 4 is 11.8 Å². The van der Waals surface area contributed by atoms with E-state index in [9.17, 15) is 22.8 Å². The van der Waals surface area contributed by atoms with E-state index in [2.05, 4.69) is 0 Å². The number of carbonyl (C=O) groups is 2. The van der Waals surface area contributed by atoms with Gasteiger partial charge in [-0.1, -0.05) is 12.8 Å². The average molecular weight is 292 g/mol. The van der Waals surface area contributed by atoms with Crippen molar-refractivity contribution < 1.29 is 22.8 Å². The lowest BCUT2D eigenvalue weighted by molar-refractivity contribution is -0.185. The largest absolute Gasteiger partial charge is 0.471 e. The maximum atomic E-state index is 12.4. The molecule has 0 unspecified atom stereocenters. The summed E-state index contributed by atoms with van der Waals surface area (Å²) >= 11 is 0. The molecule has 2 aliphatic rings. The van der Waals surface area contributed by atoms with E-state index in [1.165, 1.54) is 0 Å². The van der Waals surface area contributed by atoms with E-state index in [0.29, 0.717) is 13.0 Å². The third-order valence-corrected chi connectivity index (χ3v) is 4.04. The van der Waals surface area contributed by atoms with Gasteiger partial charge >= 0.3 is 12.1 Å². The van der Waals surface area contributed by atoms with Crippen LogP contribution in [0.4, 0.5) is 13.2 Å². The Balaban J connectivity index is 1.92. The molecule has 0 bridgehead atoms. The lowest BCUT2D eigenvalue weighted by Crippen LogP contribution is -2.44. The van der Waals surface area contributed by atoms with Gasteiger partial charge in [0.1, 0.15) is 0 Å². The second-order valence-corrected chi connectivity index (χ2v) is 5.45. The van der Waals surface area contributed by atoms with Gasteiger partial charge in [0.2, 0.25) is 5.91 Å². The highest BCUT2D eigenvalue weighted by Crippen LogP contribution is 2.27. The molecular weight excluding hydrogens is 273 g/mol. The molecule has 0 atom stereocenters. The molecule has 2 fully saturated rings. The van der Waals surface area contributed by atoms with E-state index in [1.54, 1.807) is 4.90 Å². The van der Waals surface area contributed by atoms with Gasteiger partial charge in [-0.05, 0) is 19.3 Å². The summed E-state index contributed by atoms with van der Waals surface area (Å²) in [7, 11) is 0. The predicted molar refractivity (Wildman–Crippen MR) is 65.8 cm³/mol. The predicted octanol–water partition coefficient (Wildman–Crippen LogP) is 1.80. The number of amides is 2. The Bertz CT molecular complexity index is 378.